The van der Waals surface area contributed by atoms with Gasteiger partial charge in [-0.25, -0.2) is 4.99 Å². The summed E-state index contributed by atoms with van der Waals surface area (Å²) in [6.45, 7) is 4.14. The number of benzene rings is 1. The van der Waals surface area contributed by atoms with Gasteiger partial charge in [-0.15, -0.1) is 24.0 Å². The second-order valence-corrected chi connectivity index (χ2v) is 4.12. The monoisotopic (exact) mass is 387 g/mol. The Hall–Kier alpha value is -1.64. The molecule has 0 unspecified atom stereocenters. The lowest BCUT2D eigenvalue weighted by Crippen LogP contribution is -2.22. The van der Waals surface area contributed by atoms with Gasteiger partial charge in [-0.05, 0) is 31.0 Å². The largest absolute Gasteiger partial charge is 0.370 e. The maximum Gasteiger partial charge on any atom is 0.248 e. The van der Waals surface area contributed by atoms with Gasteiger partial charge in [0.05, 0.1) is 0 Å². The lowest BCUT2D eigenvalue weighted by atomic mass is 10.1. The summed E-state index contributed by atoms with van der Waals surface area (Å²) in [7, 11) is 0. The van der Waals surface area contributed by atoms with Crippen LogP contribution in [-0.2, 0) is 13.0 Å². The highest BCUT2D eigenvalue weighted by Gasteiger charge is 2.02. The Kier molecular flexibility index (Phi) is 6.43. The molecule has 108 valence electrons. The molecule has 0 spiro atoms. The molecule has 6 nitrogen and oxygen atoms in total. The first kappa shape index (κ1) is 16.4. The first-order valence-electron chi connectivity index (χ1n) is 6.12. The molecule has 3 N–H and O–H groups in total. The Morgan fingerprint density at radius 3 is 2.90 bits per heavy atom. The number of hydrogen-bond acceptors (Lipinski definition) is 4. The maximum atomic E-state index is 5.80. The molecule has 0 aliphatic carbocycles. The van der Waals surface area contributed by atoms with E-state index < -0.39 is 0 Å². The number of rotatable bonds is 4. The lowest BCUT2D eigenvalue weighted by Gasteiger charge is -2.06. The molecule has 20 heavy (non-hydrogen) atoms. The smallest absolute Gasteiger partial charge is 0.248 e. The predicted octanol–water partition coefficient (Wildman–Crippen LogP) is 2.49. The summed E-state index contributed by atoms with van der Waals surface area (Å²) < 4.78 is 4.95. The molecule has 1 heterocycles. The van der Waals surface area contributed by atoms with Gasteiger partial charge in [0, 0.05) is 5.69 Å². The molecule has 0 saturated carbocycles. The van der Waals surface area contributed by atoms with Gasteiger partial charge in [-0.1, -0.05) is 24.2 Å². The van der Waals surface area contributed by atoms with Gasteiger partial charge >= 0.3 is 0 Å². The highest BCUT2D eigenvalue weighted by atomic mass is 127. The van der Waals surface area contributed by atoms with Crippen LogP contribution in [0.1, 0.15) is 24.2 Å². The van der Waals surface area contributed by atoms with E-state index in [1.165, 1.54) is 5.56 Å². The molecular formula is C13H18IN5O. The SMILES string of the molecule is CCc1cccc(NC(N)=NCc2nc(C)no2)c1.I. The normalized spacial score (nSPS) is 11.0. The van der Waals surface area contributed by atoms with Crippen molar-refractivity contribution in [1.82, 2.24) is 10.1 Å². The van der Waals surface area contributed by atoms with Gasteiger partial charge in [0.1, 0.15) is 6.54 Å². The van der Waals surface area contributed by atoms with E-state index in [9.17, 15) is 0 Å². The second kappa shape index (κ2) is 7.83. The highest BCUT2D eigenvalue weighted by molar-refractivity contribution is 14.0. The van der Waals surface area contributed by atoms with E-state index in [2.05, 4.69) is 33.4 Å². The number of aromatic nitrogens is 2. The quantitative estimate of drug-likeness (QED) is 0.478. The van der Waals surface area contributed by atoms with E-state index in [1.807, 2.05) is 18.2 Å². The van der Waals surface area contributed by atoms with Crippen LogP contribution in [0.5, 0.6) is 0 Å². The summed E-state index contributed by atoms with van der Waals surface area (Å²) in [6, 6.07) is 8.03. The standard InChI is InChI=1S/C13H17N5O.HI/c1-3-10-5-4-6-11(7-10)17-13(14)15-8-12-16-9(2)18-19-12;/h4-7H,3,8H2,1-2H3,(H3,14,15,17);1H. The van der Waals surface area contributed by atoms with E-state index in [0.717, 1.165) is 12.1 Å². The van der Waals surface area contributed by atoms with Crippen molar-refractivity contribution in [3.8, 4) is 0 Å². The number of nitrogens with two attached hydrogens (primary N) is 1. The molecule has 1 aromatic heterocycles. The molecule has 1 aromatic carbocycles. The highest BCUT2D eigenvalue weighted by Crippen LogP contribution is 2.10. The summed E-state index contributed by atoms with van der Waals surface area (Å²) in [5.74, 6) is 1.36. The molecule has 0 saturated heterocycles. The number of nitrogens with one attached hydrogen (secondary N) is 1. The Balaban J connectivity index is 0.00000200. The molecule has 0 radical (unpaired) electrons. The summed E-state index contributed by atoms with van der Waals surface area (Å²) >= 11 is 0. The molecule has 0 atom stereocenters. The summed E-state index contributed by atoms with van der Waals surface area (Å²) in [5.41, 5.74) is 7.96. The minimum absolute atomic E-state index is 0. The summed E-state index contributed by atoms with van der Waals surface area (Å²) in [5, 5.41) is 6.72. The first-order chi connectivity index (χ1) is 9.17. The third-order valence-electron chi connectivity index (χ3n) is 2.56. The average Bonchev–Trinajstić information content (AvgIpc) is 2.82. The molecule has 0 bridgehead atoms. The lowest BCUT2D eigenvalue weighted by molar-refractivity contribution is 0.376. The molecule has 0 aliphatic heterocycles. The zero-order valence-corrected chi connectivity index (χ0v) is 13.8. The van der Waals surface area contributed by atoms with E-state index in [-0.39, 0.29) is 30.5 Å². The Labute approximate surface area is 134 Å². The van der Waals surface area contributed by atoms with Crippen LogP contribution in [0.2, 0.25) is 0 Å². The minimum atomic E-state index is 0. The molecular weight excluding hydrogens is 369 g/mol. The van der Waals surface area contributed by atoms with Gasteiger partial charge in [-0.2, -0.15) is 4.98 Å². The second-order valence-electron chi connectivity index (χ2n) is 4.12. The molecule has 7 heteroatoms. The molecule has 0 aliphatic rings. The Morgan fingerprint density at radius 2 is 2.25 bits per heavy atom. The fraction of sp³-hybridized carbons (Fsp3) is 0.308. The van der Waals surface area contributed by atoms with Crippen molar-refractivity contribution in [2.45, 2.75) is 26.8 Å². The zero-order valence-electron chi connectivity index (χ0n) is 11.5. The fourth-order valence-electron chi connectivity index (χ4n) is 1.61. The number of anilines is 1. The van der Waals surface area contributed by atoms with Gasteiger partial charge < -0.3 is 15.6 Å². The van der Waals surface area contributed by atoms with Crippen molar-refractivity contribution >= 4 is 35.6 Å². The van der Waals surface area contributed by atoms with Crippen LogP contribution in [0.25, 0.3) is 0 Å². The third-order valence-corrected chi connectivity index (χ3v) is 2.56. The predicted molar refractivity (Wildman–Crippen MR) is 89.2 cm³/mol. The average molecular weight is 387 g/mol. The van der Waals surface area contributed by atoms with Gasteiger partial charge in [0.2, 0.25) is 5.89 Å². The van der Waals surface area contributed by atoms with Crippen LogP contribution in [0.3, 0.4) is 0 Å². The zero-order chi connectivity index (χ0) is 13.7. The van der Waals surface area contributed by atoms with Crippen molar-refractivity contribution in [3.63, 3.8) is 0 Å². The topological polar surface area (TPSA) is 89.3 Å². The van der Waals surface area contributed by atoms with E-state index in [0.29, 0.717) is 17.7 Å². The fourth-order valence-corrected chi connectivity index (χ4v) is 1.61. The van der Waals surface area contributed by atoms with Gasteiger partial charge in [0.25, 0.3) is 0 Å². The minimum Gasteiger partial charge on any atom is -0.370 e. The van der Waals surface area contributed by atoms with Crippen molar-refractivity contribution in [2.24, 2.45) is 10.7 Å². The molecule has 2 aromatic rings. The number of aryl methyl sites for hydroxylation is 2. The van der Waals surface area contributed by atoms with Crippen LogP contribution < -0.4 is 11.1 Å². The Morgan fingerprint density at radius 1 is 1.45 bits per heavy atom. The van der Waals surface area contributed by atoms with Gasteiger partial charge in [-0.3, -0.25) is 0 Å². The van der Waals surface area contributed by atoms with Crippen LogP contribution in [0.4, 0.5) is 5.69 Å². The van der Waals surface area contributed by atoms with Crippen LogP contribution >= 0.6 is 24.0 Å². The van der Waals surface area contributed by atoms with Crippen molar-refractivity contribution in [2.75, 3.05) is 5.32 Å². The van der Waals surface area contributed by atoms with Crippen molar-refractivity contribution in [1.29, 1.82) is 0 Å². The molecule has 0 amide bonds. The number of hydrogen-bond donors (Lipinski definition) is 2. The Bertz CT molecular complexity index is 582. The van der Waals surface area contributed by atoms with Crippen LogP contribution in [0, 0.1) is 6.92 Å². The van der Waals surface area contributed by atoms with Gasteiger partial charge in [0.15, 0.2) is 11.8 Å². The summed E-state index contributed by atoms with van der Waals surface area (Å²) in [6.07, 6.45) is 0.980. The summed E-state index contributed by atoms with van der Waals surface area (Å²) in [4.78, 5) is 8.19. The number of nitrogens with zero attached hydrogens (tertiary/aromatic N) is 3. The van der Waals surface area contributed by atoms with E-state index in [1.54, 1.807) is 6.92 Å². The molecule has 0 fully saturated rings. The number of guanidine groups is 1. The van der Waals surface area contributed by atoms with Crippen molar-refractivity contribution < 1.29 is 4.52 Å². The van der Waals surface area contributed by atoms with Crippen LogP contribution in [-0.4, -0.2) is 16.1 Å². The third kappa shape index (κ3) is 4.80. The number of aliphatic imine (C=N–C) groups is 1. The molecule has 2 rings (SSSR count). The van der Waals surface area contributed by atoms with Crippen LogP contribution in [0.15, 0.2) is 33.8 Å². The first-order valence-corrected chi connectivity index (χ1v) is 6.12. The maximum absolute atomic E-state index is 5.80. The van der Waals surface area contributed by atoms with E-state index in [4.69, 9.17) is 10.3 Å². The van der Waals surface area contributed by atoms with Crippen molar-refractivity contribution in [3.05, 3.63) is 41.5 Å². The number of halogens is 1. The van der Waals surface area contributed by atoms with E-state index >= 15 is 0 Å².